The van der Waals surface area contributed by atoms with Crippen LogP contribution >= 0.6 is 0 Å². The maximum absolute atomic E-state index is 12.7. The first-order valence-corrected chi connectivity index (χ1v) is 8.82. The van der Waals surface area contributed by atoms with Crippen LogP contribution in [0.1, 0.15) is 48.3 Å². The number of rotatable bonds is 5. The van der Waals surface area contributed by atoms with Crippen LogP contribution in [0.15, 0.2) is 23.3 Å². The standard InChI is InChI=1S/C17H22N6O2/c1-2-23-14(7-13(21-23)11-3-4-11)17(25)20-12-5-6-22(9-12)15-8-16(24)19-10-18-15/h7-8,10-12H,2-6,9H2,1H3,(H,20,25)(H,18,19,24). The Morgan fingerprint density at radius 2 is 2.20 bits per heavy atom. The summed E-state index contributed by atoms with van der Waals surface area (Å²) in [5.41, 5.74) is 1.50. The molecule has 8 nitrogen and oxygen atoms in total. The number of aromatic nitrogens is 4. The second-order valence-electron chi connectivity index (χ2n) is 6.72. The van der Waals surface area contributed by atoms with Gasteiger partial charge in [-0.05, 0) is 32.3 Å². The molecule has 1 atom stereocenters. The largest absolute Gasteiger partial charge is 0.354 e. The van der Waals surface area contributed by atoms with Crippen LogP contribution in [0.4, 0.5) is 5.82 Å². The predicted octanol–water partition coefficient (Wildman–Crippen LogP) is 0.872. The van der Waals surface area contributed by atoms with Gasteiger partial charge in [0.25, 0.3) is 11.5 Å². The number of nitrogens with one attached hydrogen (secondary N) is 2. The molecule has 2 aliphatic rings. The summed E-state index contributed by atoms with van der Waals surface area (Å²) in [5, 5.41) is 7.66. The van der Waals surface area contributed by atoms with Crippen molar-refractivity contribution in [3.63, 3.8) is 0 Å². The number of anilines is 1. The zero-order valence-electron chi connectivity index (χ0n) is 14.2. The van der Waals surface area contributed by atoms with Crippen LogP contribution in [0.5, 0.6) is 0 Å². The number of aryl methyl sites for hydroxylation is 1. The van der Waals surface area contributed by atoms with E-state index < -0.39 is 0 Å². The minimum Gasteiger partial charge on any atom is -0.354 e. The summed E-state index contributed by atoms with van der Waals surface area (Å²) in [4.78, 5) is 32.8. The molecular weight excluding hydrogens is 320 g/mol. The van der Waals surface area contributed by atoms with E-state index >= 15 is 0 Å². The van der Waals surface area contributed by atoms with Crippen molar-refractivity contribution >= 4 is 11.7 Å². The van der Waals surface area contributed by atoms with E-state index in [1.54, 1.807) is 4.68 Å². The van der Waals surface area contributed by atoms with Crippen LogP contribution in [0.3, 0.4) is 0 Å². The molecule has 4 rings (SSSR count). The summed E-state index contributed by atoms with van der Waals surface area (Å²) in [6.07, 6.45) is 4.57. The molecule has 0 radical (unpaired) electrons. The van der Waals surface area contributed by atoms with Gasteiger partial charge in [-0.3, -0.25) is 14.3 Å². The van der Waals surface area contributed by atoms with Crippen molar-refractivity contribution in [2.75, 3.05) is 18.0 Å². The van der Waals surface area contributed by atoms with Crippen LogP contribution in [-0.4, -0.2) is 44.8 Å². The van der Waals surface area contributed by atoms with Crippen molar-refractivity contribution in [3.8, 4) is 0 Å². The monoisotopic (exact) mass is 342 g/mol. The highest BCUT2D eigenvalue weighted by Gasteiger charge is 2.30. The Hall–Kier alpha value is -2.64. The maximum Gasteiger partial charge on any atom is 0.269 e. The van der Waals surface area contributed by atoms with E-state index in [-0.39, 0.29) is 17.5 Å². The lowest BCUT2D eigenvalue weighted by atomic mass is 10.2. The maximum atomic E-state index is 12.7. The van der Waals surface area contributed by atoms with Crippen molar-refractivity contribution < 1.29 is 4.79 Å². The molecule has 1 saturated heterocycles. The smallest absolute Gasteiger partial charge is 0.269 e. The lowest BCUT2D eigenvalue weighted by Gasteiger charge is -2.17. The predicted molar refractivity (Wildman–Crippen MR) is 92.8 cm³/mol. The highest BCUT2D eigenvalue weighted by atomic mass is 16.2. The summed E-state index contributed by atoms with van der Waals surface area (Å²) >= 11 is 0. The van der Waals surface area contributed by atoms with Gasteiger partial charge in [0.2, 0.25) is 0 Å². The summed E-state index contributed by atoms with van der Waals surface area (Å²) < 4.78 is 1.79. The third kappa shape index (κ3) is 3.29. The number of hydrogen-bond acceptors (Lipinski definition) is 5. The minimum absolute atomic E-state index is 0.0400. The number of hydrogen-bond donors (Lipinski definition) is 2. The van der Waals surface area contributed by atoms with Crippen LogP contribution in [0.25, 0.3) is 0 Å². The molecule has 3 heterocycles. The van der Waals surface area contributed by atoms with Crippen molar-refractivity contribution in [1.82, 2.24) is 25.1 Å². The normalized spacial score (nSPS) is 20.0. The van der Waals surface area contributed by atoms with Gasteiger partial charge in [0, 0.05) is 37.7 Å². The molecule has 1 unspecified atom stereocenters. The molecule has 0 spiro atoms. The fourth-order valence-electron chi connectivity index (χ4n) is 3.32. The Morgan fingerprint density at radius 1 is 1.36 bits per heavy atom. The number of carbonyl (C=O) groups is 1. The highest BCUT2D eigenvalue weighted by molar-refractivity contribution is 5.93. The van der Waals surface area contributed by atoms with Gasteiger partial charge < -0.3 is 15.2 Å². The molecule has 1 aliphatic heterocycles. The minimum atomic E-state index is -0.170. The Morgan fingerprint density at radius 3 is 2.92 bits per heavy atom. The molecule has 25 heavy (non-hydrogen) atoms. The average molecular weight is 342 g/mol. The highest BCUT2D eigenvalue weighted by Crippen LogP contribution is 2.39. The molecule has 2 fully saturated rings. The van der Waals surface area contributed by atoms with Crippen LogP contribution in [0.2, 0.25) is 0 Å². The van der Waals surface area contributed by atoms with Gasteiger partial charge in [-0.15, -0.1) is 0 Å². The second-order valence-corrected chi connectivity index (χ2v) is 6.72. The SMILES string of the molecule is CCn1nc(C2CC2)cc1C(=O)NC1CCN(c2cc(=O)[nH]cn2)C1. The Bertz CT molecular complexity index is 838. The van der Waals surface area contributed by atoms with Gasteiger partial charge in [0.15, 0.2) is 0 Å². The molecule has 1 amide bonds. The third-order valence-corrected chi connectivity index (χ3v) is 4.84. The van der Waals surface area contributed by atoms with Crippen LogP contribution in [-0.2, 0) is 6.54 Å². The zero-order chi connectivity index (χ0) is 17.4. The molecule has 1 aliphatic carbocycles. The van der Waals surface area contributed by atoms with Crippen molar-refractivity contribution in [3.05, 3.63) is 40.2 Å². The van der Waals surface area contributed by atoms with Crippen molar-refractivity contribution in [2.24, 2.45) is 0 Å². The van der Waals surface area contributed by atoms with Crippen LogP contribution < -0.4 is 15.8 Å². The summed E-state index contributed by atoms with van der Waals surface area (Å²) in [6.45, 7) is 4.10. The molecule has 8 heteroatoms. The first-order chi connectivity index (χ1) is 12.1. The van der Waals surface area contributed by atoms with Gasteiger partial charge in [0.1, 0.15) is 11.5 Å². The van der Waals surface area contributed by atoms with Gasteiger partial charge in [0.05, 0.1) is 12.0 Å². The average Bonchev–Trinajstić information content (AvgIpc) is 3.19. The number of amides is 1. The van der Waals surface area contributed by atoms with E-state index in [1.807, 2.05) is 17.9 Å². The molecular formula is C17H22N6O2. The van der Waals surface area contributed by atoms with E-state index in [0.717, 1.165) is 18.7 Å². The number of aromatic amines is 1. The van der Waals surface area contributed by atoms with Crippen molar-refractivity contribution in [1.29, 1.82) is 0 Å². The quantitative estimate of drug-likeness (QED) is 0.841. The molecule has 0 aromatic carbocycles. The lowest BCUT2D eigenvalue weighted by molar-refractivity contribution is 0.0929. The first-order valence-electron chi connectivity index (χ1n) is 8.82. The van der Waals surface area contributed by atoms with E-state index in [4.69, 9.17) is 0 Å². The lowest BCUT2D eigenvalue weighted by Crippen LogP contribution is -2.38. The Labute approximate surface area is 145 Å². The molecule has 2 aromatic rings. The summed E-state index contributed by atoms with van der Waals surface area (Å²) in [6, 6.07) is 3.46. The molecule has 2 N–H and O–H groups in total. The fraction of sp³-hybridized carbons (Fsp3) is 0.529. The Kier molecular flexibility index (Phi) is 4.03. The fourth-order valence-corrected chi connectivity index (χ4v) is 3.32. The molecule has 2 aromatic heterocycles. The second kappa shape index (κ2) is 6.34. The summed E-state index contributed by atoms with van der Waals surface area (Å²) in [5.74, 6) is 1.10. The number of H-pyrrole nitrogens is 1. The Balaban J connectivity index is 1.42. The van der Waals surface area contributed by atoms with Gasteiger partial charge in [-0.1, -0.05) is 0 Å². The topological polar surface area (TPSA) is 95.9 Å². The van der Waals surface area contributed by atoms with Crippen molar-refractivity contribution in [2.45, 2.75) is 44.7 Å². The first kappa shape index (κ1) is 15.9. The number of nitrogens with zero attached hydrogens (tertiary/aromatic N) is 4. The number of carbonyl (C=O) groups excluding carboxylic acids is 1. The van der Waals surface area contributed by atoms with Crippen LogP contribution in [0, 0.1) is 0 Å². The van der Waals surface area contributed by atoms with Gasteiger partial charge >= 0.3 is 0 Å². The van der Waals surface area contributed by atoms with E-state index in [1.165, 1.54) is 25.2 Å². The van der Waals surface area contributed by atoms with E-state index in [2.05, 4.69) is 20.4 Å². The third-order valence-electron chi connectivity index (χ3n) is 4.84. The molecule has 1 saturated carbocycles. The molecule has 0 bridgehead atoms. The van der Waals surface area contributed by atoms with E-state index in [0.29, 0.717) is 30.5 Å². The summed E-state index contributed by atoms with van der Waals surface area (Å²) in [7, 11) is 0. The molecule has 132 valence electrons. The van der Waals surface area contributed by atoms with Gasteiger partial charge in [-0.25, -0.2) is 4.98 Å². The zero-order valence-corrected chi connectivity index (χ0v) is 14.2. The van der Waals surface area contributed by atoms with Gasteiger partial charge in [-0.2, -0.15) is 5.10 Å². The van der Waals surface area contributed by atoms with E-state index in [9.17, 15) is 9.59 Å².